The van der Waals surface area contributed by atoms with E-state index in [-0.39, 0.29) is 11.9 Å². The van der Waals surface area contributed by atoms with Crippen molar-refractivity contribution in [3.8, 4) is 5.95 Å². The summed E-state index contributed by atoms with van der Waals surface area (Å²) in [4.78, 5) is 26.8. The van der Waals surface area contributed by atoms with E-state index in [1.807, 2.05) is 21.6 Å². The van der Waals surface area contributed by atoms with Crippen molar-refractivity contribution in [1.82, 2.24) is 28.9 Å². The molecule has 154 valence electrons. The van der Waals surface area contributed by atoms with Gasteiger partial charge in [-0.05, 0) is 39.1 Å². The summed E-state index contributed by atoms with van der Waals surface area (Å²) in [6, 6.07) is 12.4. The van der Waals surface area contributed by atoms with Crippen LogP contribution >= 0.6 is 0 Å². The summed E-state index contributed by atoms with van der Waals surface area (Å²) in [6.45, 7) is 7.56. The molecule has 1 aliphatic rings. The zero-order valence-corrected chi connectivity index (χ0v) is 17.6. The molecular formula is C23H26N6O. The van der Waals surface area contributed by atoms with Crippen LogP contribution in [0.5, 0.6) is 0 Å². The van der Waals surface area contributed by atoms with Crippen molar-refractivity contribution < 1.29 is 4.79 Å². The molecule has 0 radical (unpaired) electrons. The number of amides is 1. The molecule has 4 aromatic rings. The second-order valence-corrected chi connectivity index (χ2v) is 8.22. The molecule has 0 unspecified atom stereocenters. The lowest BCUT2D eigenvalue weighted by Crippen LogP contribution is -2.47. The first kappa shape index (κ1) is 18.8. The molecule has 0 aliphatic carbocycles. The Labute approximate surface area is 175 Å². The number of carbonyl (C=O) groups excluding carboxylic acids is 1. The number of fused-ring (bicyclic) bond motifs is 3. The van der Waals surface area contributed by atoms with Crippen molar-refractivity contribution in [3.05, 3.63) is 54.5 Å². The van der Waals surface area contributed by atoms with Crippen molar-refractivity contribution in [2.75, 3.05) is 33.2 Å². The van der Waals surface area contributed by atoms with E-state index in [0.717, 1.165) is 48.1 Å². The number of likely N-dealkylation sites (N-methyl/N-ethyl adjacent to an activating group) is 1. The summed E-state index contributed by atoms with van der Waals surface area (Å²) in [7, 11) is 2.09. The van der Waals surface area contributed by atoms with Crippen molar-refractivity contribution in [3.63, 3.8) is 0 Å². The van der Waals surface area contributed by atoms with E-state index < -0.39 is 0 Å². The van der Waals surface area contributed by atoms with Gasteiger partial charge in [0.15, 0.2) is 0 Å². The van der Waals surface area contributed by atoms with Crippen molar-refractivity contribution in [2.45, 2.75) is 19.9 Å². The number of piperazine rings is 1. The number of benzene rings is 1. The van der Waals surface area contributed by atoms with Gasteiger partial charge < -0.3 is 14.4 Å². The molecule has 0 atom stereocenters. The average Bonchev–Trinajstić information content (AvgIpc) is 3.29. The van der Waals surface area contributed by atoms with Crippen molar-refractivity contribution in [1.29, 1.82) is 0 Å². The van der Waals surface area contributed by atoms with Crippen LogP contribution in [-0.4, -0.2) is 68.0 Å². The molecule has 1 fully saturated rings. The molecule has 3 aromatic heterocycles. The SMILES string of the molecule is CC(C)n1c2ccccc2c2c1cc(C(=O)N1CCN(C)CC1)n2-c1ncccn1. The van der Waals surface area contributed by atoms with Gasteiger partial charge in [-0.25, -0.2) is 9.97 Å². The highest BCUT2D eigenvalue weighted by Gasteiger charge is 2.28. The van der Waals surface area contributed by atoms with Gasteiger partial charge in [-0.1, -0.05) is 18.2 Å². The van der Waals surface area contributed by atoms with Gasteiger partial charge in [0.1, 0.15) is 5.69 Å². The maximum absolute atomic E-state index is 13.6. The molecule has 5 rings (SSSR count). The lowest BCUT2D eigenvalue weighted by atomic mass is 10.2. The van der Waals surface area contributed by atoms with Crippen LogP contribution in [0.3, 0.4) is 0 Å². The Kier molecular flexibility index (Phi) is 4.55. The molecule has 4 heterocycles. The molecule has 1 amide bonds. The summed E-state index contributed by atoms with van der Waals surface area (Å²) in [6.07, 6.45) is 3.44. The lowest BCUT2D eigenvalue weighted by molar-refractivity contribution is 0.0656. The minimum absolute atomic E-state index is 0.0335. The Balaban J connectivity index is 1.79. The highest BCUT2D eigenvalue weighted by molar-refractivity contribution is 6.11. The average molecular weight is 403 g/mol. The van der Waals surface area contributed by atoms with Crippen LogP contribution in [0, 0.1) is 0 Å². The normalized spacial score (nSPS) is 15.5. The number of hydrogen-bond donors (Lipinski definition) is 0. The third-order valence-corrected chi connectivity index (χ3v) is 5.94. The summed E-state index contributed by atoms with van der Waals surface area (Å²) in [5, 5.41) is 1.10. The molecule has 1 aliphatic heterocycles. The number of hydrogen-bond acceptors (Lipinski definition) is 4. The predicted octanol–water partition coefficient (Wildman–Crippen LogP) is 3.34. The third kappa shape index (κ3) is 2.89. The van der Waals surface area contributed by atoms with Gasteiger partial charge in [-0.15, -0.1) is 0 Å². The monoisotopic (exact) mass is 402 g/mol. The van der Waals surface area contributed by atoms with E-state index in [9.17, 15) is 4.79 Å². The van der Waals surface area contributed by atoms with Crippen LogP contribution in [0.4, 0.5) is 0 Å². The molecule has 7 heteroatoms. The van der Waals surface area contributed by atoms with Crippen LogP contribution in [-0.2, 0) is 0 Å². The molecular weight excluding hydrogens is 376 g/mol. The molecule has 0 N–H and O–H groups in total. The van der Waals surface area contributed by atoms with Gasteiger partial charge in [-0.3, -0.25) is 9.36 Å². The fraction of sp³-hybridized carbons (Fsp3) is 0.348. The highest BCUT2D eigenvalue weighted by Crippen LogP contribution is 2.35. The lowest BCUT2D eigenvalue weighted by Gasteiger charge is -2.32. The van der Waals surface area contributed by atoms with E-state index in [2.05, 4.69) is 58.5 Å². The number of aromatic nitrogens is 4. The van der Waals surface area contributed by atoms with E-state index in [4.69, 9.17) is 0 Å². The summed E-state index contributed by atoms with van der Waals surface area (Å²) >= 11 is 0. The van der Waals surface area contributed by atoms with Crippen LogP contribution in [0.1, 0.15) is 30.4 Å². The quantitative estimate of drug-likeness (QED) is 0.527. The predicted molar refractivity (Wildman–Crippen MR) is 118 cm³/mol. The van der Waals surface area contributed by atoms with Gasteiger partial charge in [0.2, 0.25) is 5.95 Å². The first-order valence-electron chi connectivity index (χ1n) is 10.5. The van der Waals surface area contributed by atoms with Gasteiger partial charge in [0.25, 0.3) is 5.91 Å². The Bertz CT molecular complexity index is 1210. The fourth-order valence-electron chi connectivity index (χ4n) is 4.45. The second kappa shape index (κ2) is 7.25. The zero-order chi connectivity index (χ0) is 20.8. The Hall–Kier alpha value is -3.19. The van der Waals surface area contributed by atoms with Crippen LogP contribution < -0.4 is 0 Å². The largest absolute Gasteiger partial charge is 0.337 e. The highest BCUT2D eigenvalue weighted by atomic mass is 16.2. The Morgan fingerprint density at radius 1 is 0.967 bits per heavy atom. The number of carbonyl (C=O) groups is 1. The fourth-order valence-corrected chi connectivity index (χ4v) is 4.45. The van der Waals surface area contributed by atoms with Crippen LogP contribution in [0.15, 0.2) is 48.8 Å². The van der Waals surface area contributed by atoms with Gasteiger partial charge >= 0.3 is 0 Å². The summed E-state index contributed by atoms with van der Waals surface area (Å²) in [5.74, 6) is 0.558. The van der Waals surface area contributed by atoms with Gasteiger partial charge in [0.05, 0.1) is 16.6 Å². The van der Waals surface area contributed by atoms with Crippen LogP contribution in [0.25, 0.3) is 27.9 Å². The molecule has 1 aromatic carbocycles. The Morgan fingerprint density at radius 3 is 2.37 bits per heavy atom. The van der Waals surface area contributed by atoms with E-state index in [1.165, 1.54) is 0 Å². The molecule has 7 nitrogen and oxygen atoms in total. The number of nitrogens with zero attached hydrogens (tertiary/aromatic N) is 6. The molecule has 30 heavy (non-hydrogen) atoms. The van der Waals surface area contributed by atoms with E-state index >= 15 is 0 Å². The molecule has 1 saturated heterocycles. The standard InChI is InChI=1S/C23H26N6O/c1-16(2)28-18-8-5-4-7-17(18)21-19(28)15-20(29(21)23-24-9-6-10-25-23)22(30)27-13-11-26(3)12-14-27/h4-10,15-16H,11-14H2,1-3H3. The Morgan fingerprint density at radius 2 is 1.67 bits per heavy atom. The van der Waals surface area contributed by atoms with Gasteiger partial charge in [0, 0.05) is 50.0 Å². The smallest absolute Gasteiger partial charge is 0.271 e. The maximum Gasteiger partial charge on any atom is 0.271 e. The van der Waals surface area contributed by atoms with E-state index in [1.54, 1.807) is 18.5 Å². The minimum Gasteiger partial charge on any atom is -0.337 e. The number of para-hydroxylation sites is 1. The first-order valence-corrected chi connectivity index (χ1v) is 10.5. The maximum atomic E-state index is 13.6. The molecule has 0 bridgehead atoms. The topological polar surface area (TPSA) is 59.2 Å². The first-order chi connectivity index (χ1) is 14.6. The second-order valence-electron chi connectivity index (χ2n) is 8.22. The van der Waals surface area contributed by atoms with Crippen LogP contribution in [0.2, 0.25) is 0 Å². The van der Waals surface area contributed by atoms with E-state index in [0.29, 0.717) is 11.6 Å². The van der Waals surface area contributed by atoms with Crippen molar-refractivity contribution >= 4 is 27.8 Å². The van der Waals surface area contributed by atoms with Crippen molar-refractivity contribution in [2.24, 2.45) is 0 Å². The number of rotatable bonds is 3. The molecule has 0 spiro atoms. The molecule has 0 saturated carbocycles. The summed E-state index contributed by atoms with van der Waals surface area (Å²) < 4.78 is 4.24. The summed E-state index contributed by atoms with van der Waals surface area (Å²) in [5.41, 5.74) is 3.80. The third-order valence-electron chi connectivity index (χ3n) is 5.94. The minimum atomic E-state index is 0.0335. The van der Waals surface area contributed by atoms with Gasteiger partial charge in [-0.2, -0.15) is 0 Å². The zero-order valence-electron chi connectivity index (χ0n) is 17.6.